The number of nitrogens with zero attached hydrogens (tertiary/aromatic N) is 1. The molecule has 4 heterocycles. The molecule has 16 nitrogen and oxygen atoms in total. The molecule has 7 aliphatic rings. The van der Waals surface area contributed by atoms with Crippen molar-refractivity contribution in [1.82, 2.24) is 10.2 Å². The lowest BCUT2D eigenvalue weighted by Crippen LogP contribution is -2.79. The first kappa shape index (κ1) is 51.9. The minimum Gasteiger partial charge on any atom is -0.456 e. The van der Waals surface area contributed by atoms with Gasteiger partial charge in [-0.15, -0.1) is 0 Å². The number of likely N-dealkylation sites (tertiary alicyclic amines) is 1. The monoisotopic (exact) mass is 983 g/mol. The van der Waals surface area contributed by atoms with Gasteiger partial charge in [-0.25, -0.2) is 14.4 Å². The molecule has 2 bridgehead atoms. The van der Waals surface area contributed by atoms with E-state index in [0.29, 0.717) is 48.7 Å². The molecule has 1 aromatic rings. The first-order valence-electron chi connectivity index (χ1n) is 25.4. The minimum absolute atomic E-state index is 0.00838. The van der Waals surface area contributed by atoms with E-state index in [4.69, 9.17) is 42.3 Å². The molecule has 3 aliphatic carbocycles. The van der Waals surface area contributed by atoms with Gasteiger partial charge in [-0.2, -0.15) is 0 Å². The van der Waals surface area contributed by atoms with Crippen molar-refractivity contribution in [2.24, 2.45) is 22.2 Å². The maximum Gasteiger partial charge on any atom is 0.407 e. The molecule has 2 N–H and O–H groups in total. The predicted octanol–water partition coefficient (Wildman–Crippen LogP) is 6.87. The molecular formula is C52H78N2O14Si. The number of ether oxygens (including phenoxy) is 8. The largest absolute Gasteiger partial charge is 0.456 e. The second-order valence-electron chi connectivity index (χ2n) is 23.1. The summed E-state index contributed by atoms with van der Waals surface area (Å²) in [6.07, 6.45) is -5.27. The SMILES string of the molecule is CC[Si](CC)(CC)O[C@@H](C(=O)O[C@H]1C[C@@]2(O)[C@@H](OC(=O)c3ccccc3)[C@H]3[C@@](C)(CC[C@H]4OC[C@]43OC(C)=O)[C@@H]3O[C@H](CN4CCC4)O[C@@H]3C(=C1C)C2(C)C)[C@@H](NC(=O)OC(C)(C)C)C1(C)COC1. The van der Waals surface area contributed by atoms with Crippen LogP contribution < -0.4 is 5.32 Å². The van der Waals surface area contributed by atoms with Crippen molar-refractivity contribution in [2.75, 3.05) is 39.5 Å². The van der Waals surface area contributed by atoms with Crippen LogP contribution in [-0.2, 0) is 51.9 Å². The fourth-order valence-electron chi connectivity index (χ4n) is 12.9. The van der Waals surface area contributed by atoms with Crippen molar-refractivity contribution >= 4 is 32.3 Å². The first-order chi connectivity index (χ1) is 32.4. The zero-order valence-corrected chi connectivity index (χ0v) is 44.0. The molecule has 69 heavy (non-hydrogen) atoms. The third-order valence-electron chi connectivity index (χ3n) is 17.3. The zero-order valence-electron chi connectivity index (χ0n) is 43.0. The van der Waals surface area contributed by atoms with E-state index in [1.807, 2.05) is 27.7 Å². The Balaban J connectivity index is 1.29. The predicted molar refractivity (Wildman–Crippen MR) is 255 cm³/mol. The average molecular weight is 983 g/mol. The number of carbonyl (C=O) groups excluding carboxylic acids is 4. The zero-order chi connectivity index (χ0) is 50.1. The van der Waals surface area contributed by atoms with Gasteiger partial charge in [0, 0.05) is 36.1 Å². The fraction of sp³-hybridized carbons (Fsp3) is 0.769. The van der Waals surface area contributed by atoms with Crippen LogP contribution in [0.3, 0.4) is 0 Å². The summed E-state index contributed by atoms with van der Waals surface area (Å²) in [7, 11) is -2.63. The third-order valence-corrected chi connectivity index (χ3v) is 21.9. The first-order valence-corrected chi connectivity index (χ1v) is 27.9. The molecule has 384 valence electrons. The van der Waals surface area contributed by atoms with Gasteiger partial charge >= 0.3 is 24.0 Å². The number of fused-ring (bicyclic) bond motifs is 8. The van der Waals surface area contributed by atoms with E-state index >= 15 is 4.79 Å². The molecule has 0 unspecified atom stereocenters. The third kappa shape index (κ3) is 9.11. The highest BCUT2D eigenvalue weighted by Crippen LogP contribution is 2.67. The number of carbonyl (C=O) groups is 4. The van der Waals surface area contributed by atoms with Crippen LogP contribution >= 0.6 is 0 Å². The number of hydrogen-bond donors (Lipinski definition) is 2. The van der Waals surface area contributed by atoms with Gasteiger partial charge in [0.2, 0.25) is 0 Å². The number of aliphatic hydroxyl groups is 1. The maximum absolute atomic E-state index is 15.6. The Morgan fingerprint density at radius 2 is 1.62 bits per heavy atom. The number of rotatable bonds is 15. The summed E-state index contributed by atoms with van der Waals surface area (Å²) in [4.78, 5) is 59.6. The molecule has 12 atom stereocenters. The summed E-state index contributed by atoms with van der Waals surface area (Å²) >= 11 is 0. The van der Waals surface area contributed by atoms with Crippen molar-refractivity contribution in [3.63, 3.8) is 0 Å². The van der Waals surface area contributed by atoms with Gasteiger partial charge < -0.3 is 52.7 Å². The van der Waals surface area contributed by atoms with Crippen molar-refractivity contribution in [3.8, 4) is 0 Å². The van der Waals surface area contributed by atoms with E-state index in [9.17, 15) is 19.5 Å². The maximum atomic E-state index is 15.6. The van der Waals surface area contributed by atoms with E-state index in [-0.39, 0.29) is 31.8 Å². The molecule has 6 fully saturated rings. The molecule has 1 amide bonds. The Morgan fingerprint density at radius 3 is 2.16 bits per heavy atom. The summed E-state index contributed by atoms with van der Waals surface area (Å²) in [5, 5.41) is 17.3. The number of alkyl carbamates (subject to hydrolysis) is 1. The smallest absolute Gasteiger partial charge is 0.407 e. The highest BCUT2D eigenvalue weighted by molar-refractivity contribution is 6.73. The molecule has 0 spiro atoms. The normalized spacial score (nSPS) is 35.4. The van der Waals surface area contributed by atoms with Crippen LogP contribution in [0, 0.1) is 22.2 Å². The van der Waals surface area contributed by atoms with Gasteiger partial charge in [0.1, 0.15) is 35.6 Å². The molecule has 17 heteroatoms. The standard InChI is InChI=1S/C52H78N2O14Si/c1-13-69(14-2,15-3)68-39(41(49(11)28-60-29-49)53-46(58)67-47(6,7)8)45(57)62-34-26-52(59)43(65-44(56)33-20-17-16-18-21-33)40-50(12,23-22-35-51(40,30-61-35)66-32(5)55)42-38(37(31(34)4)48(52,9)10)63-36(64-42)27-54-24-19-25-54/h16-18,20-21,34-36,38-43,59H,13-15,19,22-30H2,1-12H3,(H,53,58)/t34-,35+,36+,38+,39+,40-,41+,42+,43-,50+,51-,52+/m0/s1. The number of amides is 1. The Hall–Kier alpha value is -3.42. The highest BCUT2D eigenvalue weighted by Gasteiger charge is 2.77. The lowest BCUT2D eigenvalue weighted by Gasteiger charge is -2.68. The van der Waals surface area contributed by atoms with E-state index < -0.39 is 120 Å². The van der Waals surface area contributed by atoms with Crippen LogP contribution in [0.1, 0.15) is 119 Å². The van der Waals surface area contributed by atoms with Crippen molar-refractivity contribution in [3.05, 3.63) is 47.0 Å². The number of esters is 3. The molecule has 4 aliphatic heterocycles. The molecule has 1 aromatic carbocycles. The number of hydrogen-bond acceptors (Lipinski definition) is 15. The van der Waals surface area contributed by atoms with Crippen LogP contribution in [0.25, 0.3) is 0 Å². The van der Waals surface area contributed by atoms with Crippen molar-refractivity contribution < 1.29 is 66.6 Å². The summed E-state index contributed by atoms with van der Waals surface area (Å²) in [5.74, 6) is -2.82. The Bertz CT molecular complexity index is 2130. The van der Waals surface area contributed by atoms with E-state index in [2.05, 4.69) is 37.9 Å². The highest BCUT2D eigenvalue weighted by atomic mass is 28.4. The lowest BCUT2D eigenvalue weighted by atomic mass is 9.45. The van der Waals surface area contributed by atoms with Crippen LogP contribution in [0.4, 0.5) is 4.79 Å². The van der Waals surface area contributed by atoms with Gasteiger partial charge in [-0.1, -0.05) is 66.7 Å². The average Bonchev–Trinajstić information content (AvgIpc) is 3.67. The molecule has 0 radical (unpaired) electrons. The summed E-state index contributed by atoms with van der Waals surface area (Å²) in [6.45, 7) is 25.5. The molecule has 0 aromatic heterocycles. The number of benzene rings is 1. The Morgan fingerprint density at radius 1 is 0.957 bits per heavy atom. The Kier molecular flexibility index (Phi) is 14.2. The van der Waals surface area contributed by atoms with Crippen LogP contribution in [0.15, 0.2) is 41.5 Å². The van der Waals surface area contributed by atoms with Gasteiger partial charge in [0.15, 0.2) is 26.3 Å². The van der Waals surface area contributed by atoms with Crippen molar-refractivity contribution in [2.45, 2.75) is 193 Å². The summed E-state index contributed by atoms with van der Waals surface area (Å²) in [6, 6.07) is 9.80. The topological polar surface area (TPSA) is 187 Å². The molecule has 4 saturated heterocycles. The van der Waals surface area contributed by atoms with Gasteiger partial charge in [-0.3, -0.25) is 9.69 Å². The quantitative estimate of drug-likeness (QED) is 0.0802. The lowest BCUT2D eigenvalue weighted by molar-refractivity contribution is -0.345. The fourth-order valence-corrected chi connectivity index (χ4v) is 15.7. The van der Waals surface area contributed by atoms with Gasteiger partial charge in [-0.05, 0) is 101 Å². The molecule has 8 rings (SSSR count). The van der Waals surface area contributed by atoms with Crippen LogP contribution in [0.2, 0.25) is 18.1 Å². The Labute approximate surface area is 409 Å². The van der Waals surface area contributed by atoms with Crippen LogP contribution in [0.5, 0.6) is 0 Å². The van der Waals surface area contributed by atoms with Gasteiger partial charge in [0.25, 0.3) is 0 Å². The van der Waals surface area contributed by atoms with E-state index in [1.54, 1.807) is 51.1 Å². The summed E-state index contributed by atoms with van der Waals surface area (Å²) in [5.41, 5.74) is -5.44. The van der Waals surface area contributed by atoms with E-state index in [0.717, 1.165) is 19.5 Å². The van der Waals surface area contributed by atoms with Gasteiger partial charge in [0.05, 0.1) is 43.4 Å². The van der Waals surface area contributed by atoms with Crippen molar-refractivity contribution in [1.29, 1.82) is 0 Å². The van der Waals surface area contributed by atoms with Crippen LogP contribution in [-0.4, -0.2) is 148 Å². The second kappa shape index (κ2) is 18.9. The molecular weight excluding hydrogens is 905 g/mol. The second-order valence-corrected chi connectivity index (χ2v) is 27.8. The van der Waals surface area contributed by atoms with E-state index in [1.165, 1.54) is 6.92 Å². The summed E-state index contributed by atoms with van der Waals surface area (Å²) < 4.78 is 59.3. The minimum atomic E-state index is -2.63. The molecule has 2 saturated carbocycles. The number of nitrogens with one attached hydrogen (secondary N) is 1.